The van der Waals surface area contributed by atoms with E-state index in [-0.39, 0.29) is 23.6 Å². The topological polar surface area (TPSA) is 21.3 Å². The van der Waals surface area contributed by atoms with E-state index in [2.05, 4.69) is 19.2 Å². The molecule has 3 atom stereocenters. The van der Waals surface area contributed by atoms with Crippen molar-refractivity contribution < 1.29 is 17.9 Å². The summed E-state index contributed by atoms with van der Waals surface area (Å²) in [5, 5.41) is 3.42. The van der Waals surface area contributed by atoms with Crippen molar-refractivity contribution in [2.75, 3.05) is 7.11 Å². The van der Waals surface area contributed by atoms with Crippen LogP contribution in [-0.2, 0) is 10.9 Å². The Bertz CT molecular complexity index is 499. The van der Waals surface area contributed by atoms with Gasteiger partial charge in [-0.3, -0.25) is 0 Å². The Labute approximate surface area is 123 Å². The van der Waals surface area contributed by atoms with E-state index in [1.165, 1.54) is 12.1 Å². The van der Waals surface area contributed by atoms with E-state index < -0.39 is 11.7 Å². The van der Waals surface area contributed by atoms with E-state index in [1.807, 2.05) is 6.92 Å². The van der Waals surface area contributed by atoms with Gasteiger partial charge in [0, 0.05) is 24.6 Å². The molecule has 0 spiro atoms. The summed E-state index contributed by atoms with van der Waals surface area (Å²) in [5.74, 6) is 0. The smallest absolute Gasteiger partial charge is 0.381 e. The highest BCUT2D eigenvalue weighted by atomic mass is 19.4. The second-order valence-corrected chi connectivity index (χ2v) is 6.35. The summed E-state index contributed by atoms with van der Waals surface area (Å²) in [6.07, 6.45) is -3.22. The molecule has 2 nitrogen and oxygen atoms in total. The fraction of sp³-hybridized carbons (Fsp3) is 0.625. The van der Waals surface area contributed by atoms with Gasteiger partial charge in [-0.15, -0.1) is 0 Å². The Morgan fingerprint density at radius 1 is 1.33 bits per heavy atom. The van der Waals surface area contributed by atoms with Crippen molar-refractivity contribution in [2.45, 2.75) is 51.6 Å². The molecule has 3 unspecified atom stereocenters. The first-order valence-corrected chi connectivity index (χ1v) is 7.12. The molecular weight excluding hydrogens is 279 g/mol. The highest BCUT2D eigenvalue weighted by Crippen LogP contribution is 2.43. The van der Waals surface area contributed by atoms with Crippen molar-refractivity contribution in [1.82, 2.24) is 5.32 Å². The molecule has 1 aliphatic carbocycles. The molecule has 0 aromatic heterocycles. The Kier molecular flexibility index (Phi) is 4.36. The molecule has 1 aromatic carbocycles. The van der Waals surface area contributed by atoms with Crippen LogP contribution in [0.5, 0.6) is 0 Å². The van der Waals surface area contributed by atoms with E-state index in [0.717, 1.165) is 12.5 Å². The summed E-state index contributed by atoms with van der Waals surface area (Å²) in [4.78, 5) is 0. The third-order valence-corrected chi connectivity index (χ3v) is 4.63. The number of hydrogen-bond acceptors (Lipinski definition) is 2. The molecule has 1 fully saturated rings. The molecular formula is C16H22F3NO. The molecule has 1 aliphatic rings. The van der Waals surface area contributed by atoms with E-state index in [1.54, 1.807) is 13.2 Å². The van der Waals surface area contributed by atoms with Gasteiger partial charge in [-0.25, -0.2) is 0 Å². The first kappa shape index (κ1) is 16.3. The van der Waals surface area contributed by atoms with Crippen LogP contribution < -0.4 is 5.32 Å². The highest BCUT2D eigenvalue weighted by molar-refractivity contribution is 5.28. The monoisotopic (exact) mass is 301 g/mol. The number of benzene rings is 1. The normalized spacial score (nSPS) is 26.2. The fourth-order valence-electron chi connectivity index (χ4n) is 2.95. The quantitative estimate of drug-likeness (QED) is 0.901. The predicted molar refractivity (Wildman–Crippen MR) is 76.0 cm³/mol. The first-order chi connectivity index (χ1) is 9.66. The lowest BCUT2D eigenvalue weighted by atomic mass is 9.64. The Morgan fingerprint density at radius 3 is 2.52 bits per heavy atom. The summed E-state index contributed by atoms with van der Waals surface area (Å²) in [5.41, 5.74) is 0.0442. The van der Waals surface area contributed by atoms with Gasteiger partial charge in [-0.05, 0) is 31.0 Å². The number of rotatable bonds is 4. The Hall–Kier alpha value is -1.07. The van der Waals surface area contributed by atoms with E-state index in [0.29, 0.717) is 5.56 Å². The van der Waals surface area contributed by atoms with Crippen LogP contribution in [0.1, 0.15) is 44.4 Å². The van der Waals surface area contributed by atoms with Gasteiger partial charge in [-0.2, -0.15) is 13.2 Å². The van der Waals surface area contributed by atoms with Gasteiger partial charge in [0.15, 0.2) is 0 Å². The van der Waals surface area contributed by atoms with E-state index in [9.17, 15) is 13.2 Å². The van der Waals surface area contributed by atoms with Crippen LogP contribution in [0.4, 0.5) is 13.2 Å². The van der Waals surface area contributed by atoms with Crippen LogP contribution in [0, 0.1) is 5.41 Å². The second kappa shape index (κ2) is 5.61. The number of ether oxygens (including phenoxy) is 1. The zero-order valence-corrected chi connectivity index (χ0v) is 12.8. The Morgan fingerprint density at radius 2 is 2.00 bits per heavy atom. The van der Waals surface area contributed by atoms with Crippen molar-refractivity contribution in [1.29, 1.82) is 0 Å². The molecule has 0 radical (unpaired) electrons. The minimum Gasteiger partial charge on any atom is -0.381 e. The minimum absolute atomic E-state index is 0.00928. The van der Waals surface area contributed by atoms with Crippen LogP contribution in [0.25, 0.3) is 0 Å². The van der Waals surface area contributed by atoms with Crippen LogP contribution in [-0.4, -0.2) is 19.3 Å². The van der Waals surface area contributed by atoms with Gasteiger partial charge in [0.2, 0.25) is 0 Å². The van der Waals surface area contributed by atoms with Crippen LogP contribution in [0.15, 0.2) is 24.3 Å². The van der Waals surface area contributed by atoms with E-state index in [4.69, 9.17) is 4.74 Å². The number of halogens is 3. The summed E-state index contributed by atoms with van der Waals surface area (Å²) in [7, 11) is 1.69. The average molecular weight is 301 g/mol. The number of methoxy groups -OCH3 is 1. The molecule has 2 rings (SSSR count). The molecule has 1 N–H and O–H groups in total. The first-order valence-electron chi connectivity index (χ1n) is 7.12. The van der Waals surface area contributed by atoms with Crippen molar-refractivity contribution >= 4 is 0 Å². The van der Waals surface area contributed by atoms with Gasteiger partial charge >= 0.3 is 6.18 Å². The molecule has 21 heavy (non-hydrogen) atoms. The lowest BCUT2D eigenvalue weighted by Crippen LogP contribution is -2.60. The number of hydrogen-bond donors (Lipinski definition) is 1. The molecule has 0 saturated heterocycles. The predicted octanol–water partition coefficient (Wildman–Crippen LogP) is 4.17. The van der Waals surface area contributed by atoms with Crippen LogP contribution in [0.3, 0.4) is 0 Å². The molecule has 0 aliphatic heterocycles. The minimum atomic E-state index is -4.30. The van der Waals surface area contributed by atoms with Gasteiger partial charge < -0.3 is 10.1 Å². The average Bonchev–Trinajstić information content (AvgIpc) is 2.42. The zero-order chi connectivity index (χ0) is 15.8. The van der Waals surface area contributed by atoms with Gasteiger partial charge in [0.1, 0.15) is 0 Å². The molecule has 0 heterocycles. The third-order valence-electron chi connectivity index (χ3n) is 4.63. The third kappa shape index (κ3) is 3.24. The molecule has 1 saturated carbocycles. The van der Waals surface area contributed by atoms with E-state index >= 15 is 0 Å². The number of alkyl halides is 3. The van der Waals surface area contributed by atoms with Crippen molar-refractivity contribution in [3.8, 4) is 0 Å². The molecule has 5 heteroatoms. The van der Waals surface area contributed by atoms with Crippen molar-refractivity contribution in [2.24, 2.45) is 5.41 Å². The summed E-state index contributed by atoms with van der Waals surface area (Å²) in [6, 6.07) is 5.62. The van der Waals surface area contributed by atoms with Gasteiger partial charge in [-0.1, -0.05) is 26.0 Å². The summed E-state index contributed by atoms with van der Waals surface area (Å²) < 4.78 is 43.7. The maximum Gasteiger partial charge on any atom is 0.416 e. The summed E-state index contributed by atoms with van der Waals surface area (Å²) >= 11 is 0. The van der Waals surface area contributed by atoms with Crippen molar-refractivity contribution in [3.63, 3.8) is 0 Å². The van der Waals surface area contributed by atoms with Gasteiger partial charge in [0.05, 0.1) is 11.7 Å². The van der Waals surface area contributed by atoms with Crippen LogP contribution in [0.2, 0.25) is 0 Å². The van der Waals surface area contributed by atoms with Crippen LogP contribution >= 0.6 is 0 Å². The lowest BCUT2D eigenvalue weighted by Gasteiger charge is -2.52. The zero-order valence-electron chi connectivity index (χ0n) is 12.8. The molecule has 1 aromatic rings. The Balaban J connectivity index is 2.07. The largest absolute Gasteiger partial charge is 0.416 e. The maximum absolute atomic E-state index is 12.8. The SMILES string of the molecule is COC1CC(NC(C)c2cccc(C(F)(F)F)c2)C1(C)C. The standard InChI is InChI=1S/C16H22F3NO/c1-10(20-13-9-14(21-4)15(13,2)3)11-6-5-7-12(8-11)16(17,18)19/h5-8,10,13-14,20H,9H2,1-4H3. The van der Waals surface area contributed by atoms with Gasteiger partial charge in [0.25, 0.3) is 0 Å². The molecule has 0 amide bonds. The maximum atomic E-state index is 12.8. The lowest BCUT2D eigenvalue weighted by molar-refractivity contribution is -0.137. The van der Waals surface area contributed by atoms with Crippen molar-refractivity contribution in [3.05, 3.63) is 35.4 Å². The second-order valence-electron chi connectivity index (χ2n) is 6.35. The number of nitrogens with one attached hydrogen (secondary N) is 1. The highest BCUT2D eigenvalue weighted by Gasteiger charge is 2.48. The molecule has 0 bridgehead atoms. The molecule has 118 valence electrons. The fourth-order valence-corrected chi connectivity index (χ4v) is 2.95. The summed E-state index contributed by atoms with van der Waals surface area (Å²) in [6.45, 7) is 6.12.